The van der Waals surface area contributed by atoms with Gasteiger partial charge >= 0.3 is 12.1 Å². The smallest absolute Gasteiger partial charge is 0.413 e. The van der Waals surface area contributed by atoms with Crippen LogP contribution in [0.2, 0.25) is 0 Å². The summed E-state index contributed by atoms with van der Waals surface area (Å²) in [6.07, 6.45) is -1.51. The highest BCUT2D eigenvalue weighted by Crippen LogP contribution is 2.46. The first-order chi connectivity index (χ1) is 34.9. The SMILES string of the molecule is Cc1nnc(SCSC2=C(C(=O)OC(c3ccccc3)c3ccccc3)N3C(=O)[C@@H](NC(=O)/C(=N\OC(c4ccccc4)(c4ccccc4)c4ccccc4)c4csc(NC(=O)OC(C)(C)C)n4)[C@H]3SC2)s1. The fourth-order valence-electron chi connectivity index (χ4n) is 7.96. The maximum atomic E-state index is 15.0. The number of thiazole rings is 1. The number of carbonyl (C=O) groups is 4. The Morgan fingerprint density at radius 1 is 0.792 bits per heavy atom. The molecule has 0 unspecified atom stereocenters. The largest absolute Gasteiger partial charge is 0.448 e. The van der Waals surface area contributed by atoms with E-state index in [0.29, 0.717) is 15.7 Å². The fourth-order valence-corrected chi connectivity index (χ4v) is 13.4. The molecule has 9 rings (SSSR count). The molecule has 2 aromatic heterocycles. The highest BCUT2D eigenvalue weighted by atomic mass is 32.2. The van der Waals surface area contributed by atoms with Crippen LogP contribution in [0.3, 0.4) is 0 Å². The van der Waals surface area contributed by atoms with Gasteiger partial charge in [0.2, 0.25) is 5.60 Å². The Hall–Kier alpha value is -6.77. The molecule has 0 saturated carbocycles. The number of oxime groups is 1. The highest BCUT2D eigenvalue weighted by Gasteiger charge is 2.55. The van der Waals surface area contributed by atoms with Gasteiger partial charge < -0.3 is 19.6 Å². The Morgan fingerprint density at radius 3 is 1.88 bits per heavy atom. The van der Waals surface area contributed by atoms with Crippen LogP contribution in [0.25, 0.3) is 0 Å². The van der Waals surface area contributed by atoms with Crippen LogP contribution in [0.5, 0.6) is 0 Å². The maximum absolute atomic E-state index is 15.0. The van der Waals surface area contributed by atoms with E-state index in [1.165, 1.54) is 51.5 Å². The number of hydrogen-bond donors (Lipinski definition) is 2. The predicted octanol–water partition coefficient (Wildman–Crippen LogP) is 10.8. The lowest BCUT2D eigenvalue weighted by atomic mass is 9.80. The molecule has 1 saturated heterocycles. The van der Waals surface area contributed by atoms with Gasteiger partial charge in [0.25, 0.3) is 11.8 Å². The Labute approximate surface area is 437 Å². The standard InChI is InChI=1S/C53H47N7O7S5/c1-33-57-58-51(72-33)71-32-70-40-31-68-47-42(46(62)60(47)43(40)48(63)65-44(34-20-10-5-11-21-34)35-22-12-6-13-23-35)55-45(61)41(39-30-69-49(54-39)56-50(64)66-52(2,3)4)59-67-53(36-24-14-7-15-25-36,37-26-16-8-17-27-37)38-28-18-9-19-29-38/h5-30,42,44,47H,31-32H2,1-4H3,(H,55,61)(H,54,56,64)/b59-41-/t42-,47-/m1/s1. The fraction of sp³-hybridized carbons (Fsp3) is 0.208. The molecule has 0 aliphatic carbocycles. The van der Waals surface area contributed by atoms with Crippen LogP contribution in [0, 0.1) is 6.92 Å². The van der Waals surface area contributed by atoms with Gasteiger partial charge in [0.1, 0.15) is 33.4 Å². The zero-order chi connectivity index (χ0) is 50.2. The van der Waals surface area contributed by atoms with Gasteiger partial charge in [-0.15, -0.1) is 45.1 Å². The molecule has 1 fully saturated rings. The Balaban J connectivity index is 1.05. The predicted molar refractivity (Wildman–Crippen MR) is 285 cm³/mol. The van der Waals surface area contributed by atoms with Crippen LogP contribution in [0.15, 0.2) is 177 Å². The van der Waals surface area contributed by atoms with Crippen molar-refractivity contribution in [3.05, 3.63) is 206 Å². The van der Waals surface area contributed by atoms with Crippen LogP contribution < -0.4 is 10.6 Å². The first kappa shape index (κ1) is 50.2. The minimum absolute atomic E-state index is 0.0606. The van der Waals surface area contributed by atoms with E-state index in [0.717, 1.165) is 48.5 Å². The third kappa shape index (κ3) is 11.3. The summed E-state index contributed by atoms with van der Waals surface area (Å²) < 4.78 is 12.6. The quantitative estimate of drug-likeness (QED) is 0.0168. The van der Waals surface area contributed by atoms with E-state index in [1.807, 2.05) is 159 Å². The van der Waals surface area contributed by atoms with Crippen molar-refractivity contribution in [2.24, 2.45) is 5.16 Å². The molecule has 14 nitrogen and oxygen atoms in total. The topological polar surface area (TPSA) is 174 Å². The number of ether oxygens (including phenoxy) is 2. The molecule has 2 N–H and O–H groups in total. The summed E-state index contributed by atoms with van der Waals surface area (Å²) >= 11 is 6.85. The number of benzene rings is 5. The van der Waals surface area contributed by atoms with Crippen molar-refractivity contribution in [3.63, 3.8) is 0 Å². The molecule has 4 heterocycles. The van der Waals surface area contributed by atoms with Gasteiger partial charge in [0, 0.05) is 32.7 Å². The third-order valence-corrected chi connectivity index (χ3v) is 16.6. The Morgan fingerprint density at radius 2 is 1.35 bits per heavy atom. The second-order valence-corrected chi connectivity index (χ2v) is 23.0. The van der Waals surface area contributed by atoms with Crippen molar-refractivity contribution in [3.8, 4) is 0 Å². The first-order valence-electron chi connectivity index (χ1n) is 22.6. The molecule has 0 radical (unpaired) electrons. The van der Waals surface area contributed by atoms with E-state index in [2.05, 4.69) is 31.0 Å². The zero-order valence-corrected chi connectivity index (χ0v) is 43.4. The van der Waals surface area contributed by atoms with Crippen molar-refractivity contribution in [2.75, 3.05) is 16.2 Å². The minimum atomic E-state index is -1.39. The first-order valence-corrected chi connectivity index (χ1v) is 27.3. The highest BCUT2D eigenvalue weighted by molar-refractivity contribution is 8.18. The average Bonchev–Trinajstić information content (AvgIpc) is 4.04. The lowest BCUT2D eigenvalue weighted by Gasteiger charge is -2.49. The summed E-state index contributed by atoms with van der Waals surface area (Å²) in [7, 11) is 0. The molecule has 2 aliphatic rings. The lowest BCUT2D eigenvalue weighted by molar-refractivity contribution is -0.154. The van der Waals surface area contributed by atoms with Crippen molar-refractivity contribution >= 4 is 92.7 Å². The minimum Gasteiger partial charge on any atom is -0.448 e. The number of carbonyl (C=O) groups excluding carboxylic acids is 4. The van der Waals surface area contributed by atoms with Gasteiger partial charge in [-0.1, -0.05) is 180 Å². The number of rotatable bonds is 17. The van der Waals surface area contributed by atoms with Crippen LogP contribution in [-0.4, -0.2) is 77.5 Å². The van der Waals surface area contributed by atoms with Crippen LogP contribution in [0.1, 0.15) is 65.4 Å². The molecule has 3 amide bonds. The van der Waals surface area contributed by atoms with Crippen molar-refractivity contribution < 1.29 is 33.5 Å². The number of anilines is 1. The van der Waals surface area contributed by atoms with E-state index in [4.69, 9.17) is 14.3 Å². The van der Waals surface area contributed by atoms with Crippen LogP contribution in [0.4, 0.5) is 9.93 Å². The molecule has 72 heavy (non-hydrogen) atoms. The van der Waals surface area contributed by atoms with Crippen molar-refractivity contribution in [1.29, 1.82) is 0 Å². The normalized spacial score (nSPS) is 15.9. The van der Waals surface area contributed by atoms with Gasteiger partial charge in [-0.2, -0.15) is 0 Å². The number of nitrogens with zero attached hydrogens (tertiary/aromatic N) is 5. The summed E-state index contributed by atoms with van der Waals surface area (Å²) in [5.74, 6) is -1.64. The molecule has 0 spiro atoms. The lowest BCUT2D eigenvalue weighted by Crippen LogP contribution is -2.71. The van der Waals surface area contributed by atoms with Crippen LogP contribution >= 0.6 is 58.0 Å². The molecule has 5 aromatic carbocycles. The monoisotopic (exact) mass is 1050 g/mol. The Bertz CT molecular complexity index is 2960. The summed E-state index contributed by atoms with van der Waals surface area (Å²) in [4.78, 5) is 70.7. The summed E-state index contributed by atoms with van der Waals surface area (Å²) in [6, 6.07) is 46.3. The summed E-state index contributed by atoms with van der Waals surface area (Å²) in [5.41, 5.74) is 1.41. The Kier molecular flexibility index (Phi) is 15.6. The number of aryl methyl sites for hydroxylation is 1. The molecule has 366 valence electrons. The van der Waals surface area contributed by atoms with Crippen LogP contribution in [-0.2, 0) is 34.3 Å². The van der Waals surface area contributed by atoms with Crippen molar-refractivity contribution in [1.82, 2.24) is 25.4 Å². The average molecular weight is 1050 g/mol. The van der Waals surface area contributed by atoms with Gasteiger partial charge in [-0.3, -0.25) is 19.8 Å². The maximum Gasteiger partial charge on any atom is 0.413 e. The van der Waals surface area contributed by atoms with E-state index < -0.39 is 52.6 Å². The van der Waals surface area contributed by atoms with Gasteiger partial charge in [0.15, 0.2) is 21.3 Å². The molecular weight excluding hydrogens is 1010 g/mol. The number of fused-ring (bicyclic) bond motifs is 1. The second-order valence-electron chi connectivity index (χ2n) is 17.2. The number of nitrogens with one attached hydrogen (secondary N) is 2. The number of β-lactam (4-membered cyclic amide) rings is 1. The number of hydrogen-bond acceptors (Lipinski definition) is 16. The molecule has 2 aliphatic heterocycles. The summed E-state index contributed by atoms with van der Waals surface area (Å²) in [6.45, 7) is 7.12. The number of esters is 1. The summed E-state index contributed by atoms with van der Waals surface area (Å²) in [5, 5.41) is 20.9. The van der Waals surface area contributed by atoms with E-state index in [-0.39, 0.29) is 22.2 Å². The molecular formula is C53H47N7O7S5. The van der Waals surface area contributed by atoms with E-state index in [9.17, 15) is 19.2 Å². The number of amides is 3. The third-order valence-electron chi connectivity index (χ3n) is 11.2. The van der Waals surface area contributed by atoms with E-state index >= 15 is 0 Å². The van der Waals surface area contributed by atoms with Gasteiger partial charge in [0.05, 0.1) is 5.08 Å². The second kappa shape index (κ2) is 22.3. The molecule has 19 heteroatoms. The zero-order valence-electron chi connectivity index (χ0n) is 39.3. The number of aromatic nitrogens is 3. The molecule has 0 bridgehead atoms. The van der Waals surface area contributed by atoms with Gasteiger partial charge in [-0.05, 0) is 38.8 Å². The van der Waals surface area contributed by atoms with Gasteiger partial charge in [-0.25, -0.2) is 14.6 Å². The van der Waals surface area contributed by atoms with E-state index in [1.54, 1.807) is 26.2 Å². The molecule has 2 atom stereocenters. The van der Waals surface area contributed by atoms with Crippen molar-refractivity contribution in [2.45, 2.75) is 60.8 Å². The number of thioether (sulfide) groups is 3. The molecule has 7 aromatic rings.